The van der Waals surface area contributed by atoms with E-state index in [-0.39, 0.29) is 0 Å². The molecule has 1 nitrogen and oxygen atoms in total. The average molecular weight is 295 g/mol. The predicted octanol–water partition coefficient (Wildman–Crippen LogP) is 2.76. The van der Waals surface area contributed by atoms with Gasteiger partial charge in [-0.05, 0) is 6.92 Å². The third kappa shape index (κ3) is 3.46. The molecule has 0 atom stereocenters. The van der Waals surface area contributed by atoms with E-state index in [4.69, 9.17) is 0 Å². The van der Waals surface area contributed by atoms with E-state index < -0.39 is 27.0 Å². The number of hydrogen-bond acceptors (Lipinski definition) is 2. The summed E-state index contributed by atoms with van der Waals surface area (Å²) in [6.45, 7) is 1.86. The van der Waals surface area contributed by atoms with Gasteiger partial charge in [0.2, 0.25) is 0 Å². The molecule has 0 aromatic rings. The molecule has 0 bridgehead atoms. The fraction of sp³-hybridized carbons (Fsp3) is 0.400. The van der Waals surface area contributed by atoms with Gasteiger partial charge in [-0.3, -0.25) is 5.32 Å². The van der Waals surface area contributed by atoms with Crippen LogP contribution in [0.5, 0.6) is 0 Å². The van der Waals surface area contributed by atoms with Crippen molar-refractivity contribution in [3.63, 3.8) is 0 Å². The molecule has 0 amide bonds. The molecule has 0 unspecified atom stereocenters. The Balaban J connectivity index is 2.53. The first-order valence-corrected chi connectivity index (χ1v) is 5.71. The van der Waals surface area contributed by atoms with Gasteiger partial charge >= 0.3 is 6.30 Å². The zero-order valence-electron chi connectivity index (χ0n) is 5.50. The predicted molar refractivity (Wildman–Crippen MR) is 49.6 cm³/mol. The van der Waals surface area contributed by atoms with Gasteiger partial charge in [-0.15, -0.1) is 0 Å². The third-order valence-corrected chi connectivity index (χ3v) is 5.12. The highest BCUT2D eigenvalue weighted by atomic mass is 127. The smallest absolute Gasteiger partial charge is 0.292 e. The van der Waals surface area contributed by atoms with Crippen molar-refractivity contribution in [2.75, 3.05) is 0 Å². The standard InChI is InChI=1S/C5H5F3INS/c1-3-9-4(2-11-3)10-5(6,7)8/h2,10H,1H3. The lowest BCUT2D eigenvalue weighted by Crippen LogP contribution is -2.28. The van der Waals surface area contributed by atoms with Gasteiger partial charge in [0, 0.05) is 8.25 Å². The van der Waals surface area contributed by atoms with Crippen LogP contribution in [0.4, 0.5) is 13.2 Å². The summed E-state index contributed by atoms with van der Waals surface area (Å²) in [4.78, 5) is 0. The number of nitrogens with one attached hydrogen (secondary N) is 1. The average Bonchev–Trinajstić information content (AvgIpc) is 2.10. The van der Waals surface area contributed by atoms with E-state index in [0.717, 1.165) is 2.84 Å². The Kier molecular flexibility index (Phi) is 2.84. The van der Waals surface area contributed by atoms with Crippen LogP contribution in [0.2, 0.25) is 0 Å². The minimum atomic E-state index is -4.27. The summed E-state index contributed by atoms with van der Waals surface area (Å²) in [6, 6.07) is 0. The van der Waals surface area contributed by atoms with Gasteiger partial charge in [0.1, 0.15) is 0 Å². The number of halogens is 4. The zero-order chi connectivity index (χ0) is 8.48. The molecule has 0 saturated heterocycles. The summed E-state index contributed by atoms with van der Waals surface area (Å²) >= 11 is 0.844. The van der Waals surface area contributed by atoms with E-state index in [1.165, 1.54) is 22.5 Å². The van der Waals surface area contributed by atoms with Crippen LogP contribution in [0.1, 0.15) is 6.92 Å². The molecule has 11 heavy (non-hydrogen) atoms. The van der Waals surface area contributed by atoms with Crippen molar-refractivity contribution in [2.24, 2.45) is 0 Å². The van der Waals surface area contributed by atoms with Crippen LogP contribution in [0, 0.1) is 0 Å². The number of thioether (sulfide) groups is 1. The minimum Gasteiger partial charge on any atom is -0.292 e. The number of hydrogen-bond donors (Lipinski definition) is 1. The zero-order valence-corrected chi connectivity index (χ0v) is 8.47. The van der Waals surface area contributed by atoms with Crippen LogP contribution in [0.25, 0.3) is 0 Å². The Hall–Kier alpha value is 0.280. The topological polar surface area (TPSA) is 12.0 Å². The van der Waals surface area contributed by atoms with Gasteiger partial charge in [-0.25, -0.2) is 0 Å². The molecule has 1 rings (SSSR count). The van der Waals surface area contributed by atoms with Crippen molar-refractivity contribution in [1.82, 2.24) is 5.32 Å². The lowest BCUT2D eigenvalue weighted by Gasteiger charge is -2.07. The third-order valence-electron chi connectivity index (χ3n) is 0.821. The van der Waals surface area contributed by atoms with Gasteiger partial charge < -0.3 is 0 Å². The minimum absolute atomic E-state index is 0.346. The Morgan fingerprint density at radius 1 is 1.55 bits per heavy atom. The highest BCUT2D eigenvalue weighted by Gasteiger charge is 2.28. The Bertz CT molecular complexity index is 220. The lowest BCUT2D eigenvalue weighted by atomic mass is 10.9. The second-order valence-electron chi connectivity index (χ2n) is 1.77. The maximum atomic E-state index is 11.7. The fourth-order valence-corrected chi connectivity index (χ4v) is 4.27. The van der Waals surface area contributed by atoms with Crippen LogP contribution in [-0.4, -0.2) is 9.14 Å². The van der Waals surface area contributed by atoms with Crippen LogP contribution in [0.15, 0.2) is 9.11 Å². The highest BCUT2D eigenvalue weighted by Crippen LogP contribution is 2.32. The maximum Gasteiger partial charge on any atom is 0.482 e. The Labute approximate surface area is 76.2 Å². The van der Waals surface area contributed by atoms with E-state index in [1.54, 1.807) is 0 Å². The molecule has 1 N–H and O–H groups in total. The van der Waals surface area contributed by atoms with Crippen LogP contribution in [-0.2, 0) is 0 Å². The number of alkyl halides is 3. The monoisotopic (exact) mass is 295 g/mol. The van der Waals surface area contributed by atoms with Crippen molar-refractivity contribution in [1.29, 1.82) is 0 Å². The van der Waals surface area contributed by atoms with E-state index in [0.29, 0.717) is 3.70 Å². The van der Waals surface area contributed by atoms with Crippen LogP contribution < -0.4 is 5.32 Å². The van der Waals surface area contributed by atoms with Crippen molar-refractivity contribution in [3.05, 3.63) is 9.11 Å². The molecule has 1 aliphatic rings. The molecule has 6 heteroatoms. The Morgan fingerprint density at radius 2 is 2.18 bits per heavy atom. The molecule has 1 heterocycles. The molecule has 0 aliphatic carbocycles. The van der Waals surface area contributed by atoms with Gasteiger partial charge in [0.15, 0.2) is 0 Å². The first-order valence-electron chi connectivity index (χ1n) is 2.67. The van der Waals surface area contributed by atoms with Crippen molar-refractivity contribution in [2.45, 2.75) is 13.2 Å². The Morgan fingerprint density at radius 3 is 2.55 bits per heavy atom. The second-order valence-corrected chi connectivity index (χ2v) is 6.91. The first-order chi connectivity index (χ1) is 4.97. The summed E-state index contributed by atoms with van der Waals surface area (Å²) < 4.78 is 36.5. The summed E-state index contributed by atoms with van der Waals surface area (Å²) in [5.41, 5.74) is 0. The second kappa shape index (κ2) is 3.34. The van der Waals surface area contributed by atoms with Gasteiger partial charge in [-0.1, -0.05) is 32.5 Å². The van der Waals surface area contributed by atoms with E-state index in [1.807, 2.05) is 6.92 Å². The van der Waals surface area contributed by atoms with Crippen LogP contribution >= 0.6 is 32.5 Å². The molecule has 0 saturated carbocycles. The largest absolute Gasteiger partial charge is 0.482 e. The molecular weight excluding hydrogens is 290 g/mol. The van der Waals surface area contributed by atoms with Gasteiger partial charge in [-0.2, -0.15) is 13.2 Å². The molecule has 1 aliphatic heterocycles. The molecule has 0 spiro atoms. The summed E-state index contributed by atoms with van der Waals surface area (Å²) in [7, 11) is 0. The molecule has 0 radical (unpaired) electrons. The van der Waals surface area contributed by atoms with Gasteiger partial charge in [0.05, 0.1) is 3.70 Å². The van der Waals surface area contributed by atoms with E-state index >= 15 is 0 Å². The highest BCUT2D eigenvalue weighted by molar-refractivity contribution is 14.2. The van der Waals surface area contributed by atoms with E-state index in [9.17, 15) is 13.2 Å². The summed E-state index contributed by atoms with van der Waals surface area (Å²) in [5, 5.41) is 3.05. The maximum absolute atomic E-state index is 11.7. The SMILES string of the molecule is CC1=IC(NC(F)(F)F)=CS1. The first kappa shape index (κ1) is 9.37. The van der Waals surface area contributed by atoms with Crippen molar-refractivity contribution < 1.29 is 13.2 Å². The lowest BCUT2D eigenvalue weighted by molar-refractivity contribution is -0.147. The summed E-state index contributed by atoms with van der Waals surface area (Å²) in [5.74, 6) is 0. The van der Waals surface area contributed by atoms with Crippen LogP contribution in [0.3, 0.4) is 0 Å². The van der Waals surface area contributed by atoms with Gasteiger partial charge in [0.25, 0.3) is 0 Å². The molecule has 0 aromatic heterocycles. The molecule has 0 aromatic carbocycles. The quantitative estimate of drug-likeness (QED) is 0.590. The number of rotatable bonds is 1. The fourth-order valence-electron chi connectivity index (χ4n) is 0.509. The normalized spacial score (nSPS) is 18.5. The molecule has 0 fully saturated rings. The molecule has 64 valence electrons. The van der Waals surface area contributed by atoms with E-state index in [2.05, 4.69) is 0 Å². The summed E-state index contributed by atoms with van der Waals surface area (Å²) in [6.07, 6.45) is -4.27. The van der Waals surface area contributed by atoms with Crippen molar-refractivity contribution >= 4 is 35.3 Å². The van der Waals surface area contributed by atoms with Crippen molar-refractivity contribution in [3.8, 4) is 0 Å². The molecular formula is C5H5F3INS.